The lowest BCUT2D eigenvalue weighted by Gasteiger charge is -2.12. The van der Waals surface area contributed by atoms with E-state index in [2.05, 4.69) is 6.58 Å². The van der Waals surface area contributed by atoms with Crippen LogP contribution in [0.5, 0.6) is 0 Å². The molecule has 0 aliphatic heterocycles. The summed E-state index contributed by atoms with van der Waals surface area (Å²) in [7, 11) is 3.43. The molecule has 1 amide bonds. The SMILES string of the molecule is C=CCn1c(SCC(=O)N(C)C)nc2sc(-c3ccccc3)c(C)c2c1=O. The Balaban J connectivity index is 2.14. The molecule has 0 radical (unpaired) electrons. The van der Waals surface area contributed by atoms with Crippen LogP contribution in [0.15, 0.2) is 52.9 Å². The monoisotopic (exact) mass is 399 g/mol. The summed E-state index contributed by atoms with van der Waals surface area (Å²) in [5, 5.41) is 1.19. The van der Waals surface area contributed by atoms with Gasteiger partial charge < -0.3 is 4.90 Å². The third kappa shape index (κ3) is 3.84. The molecular formula is C20H21N3O2S2. The molecule has 0 unspecified atom stereocenters. The van der Waals surface area contributed by atoms with Crippen molar-refractivity contribution >= 4 is 39.2 Å². The van der Waals surface area contributed by atoms with Crippen LogP contribution >= 0.6 is 23.1 Å². The van der Waals surface area contributed by atoms with Crippen LogP contribution in [0.3, 0.4) is 0 Å². The average Bonchev–Trinajstić information content (AvgIpc) is 2.99. The highest BCUT2D eigenvalue weighted by Gasteiger charge is 2.19. The molecule has 0 bridgehead atoms. The third-order valence-electron chi connectivity index (χ3n) is 4.19. The normalized spacial score (nSPS) is 10.9. The van der Waals surface area contributed by atoms with Gasteiger partial charge in [0.1, 0.15) is 4.83 Å². The van der Waals surface area contributed by atoms with Crippen molar-refractivity contribution in [1.29, 1.82) is 0 Å². The van der Waals surface area contributed by atoms with Crippen LogP contribution in [0, 0.1) is 6.92 Å². The Morgan fingerprint density at radius 2 is 2.04 bits per heavy atom. The Morgan fingerprint density at radius 1 is 1.33 bits per heavy atom. The van der Waals surface area contributed by atoms with E-state index < -0.39 is 0 Å². The molecule has 0 fully saturated rings. The largest absolute Gasteiger partial charge is 0.348 e. The summed E-state index contributed by atoms with van der Waals surface area (Å²) in [6, 6.07) is 10.0. The zero-order valence-corrected chi connectivity index (χ0v) is 17.2. The first kappa shape index (κ1) is 19.4. The van der Waals surface area contributed by atoms with Crippen LogP contribution in [0.4, 0.5) is 0 Å². The van der Waals surface area contributed by atoms with Gasteiger partial charge in [0, 0.05) is 25.5 Å². The molecule has 3 rings (SSSR count). The number of hydrogen-bond donors (Lipinski definition) is 0. The maximum Gasteiger partial charge on any atom is 0.263 e. The number of nitrogens with zero attached hydrogens (tertiary/aromatic N) is 3. The fourth-order valence-electron chi connectivity index (χ4n) is 2.72. The van der Waals surface area contributed by atoms with E-state index in [1.807, 2.05) is 37.3 Å². The van der Waals surface area contributed by atoms with E-state index >= 15 is 0 Å². The van der Waals surface area contributed by atoms with Crippen molar-refractivity contribution in [2.75, 3.05) is 19.8 Å². The summed E-state index contributed by atoms with van der Waals surface area (Å²) in [5.74, 6) is 0.213. The Bertz CT molecular complexity index is 1050. The molecule has 27 heavy (non-hydrogen) atoms. The molecule has 1 aromatic carbocycles. The Kier molecular flexibility index (Phi) is 5.82. The minimum Gasteiger partial charge on any atom is -0.348 e. The van der Waals surface area contributed by atoms with Crippen molar-refractivity contribution in [3.05, 3.63) is 58.9 Å². The second kappa shape index (κ2) is 8.10. The van der Waals surface area contributed by atoms with Gasteiger partial charge in [0.15, 0.2) is 5.16 Å². The Hall–Kier alpha value is -2.38. The number of amides is 1. The summed E-state index contributed by atoms with van der Waals surface area (Å²) in [4.78, 5) is 33.1. The Labute approximate surface area is 166 Å². The van der Waals surface area contributed by atoms with Crippen molar-refractivity contribution in [1.82, 2.24) is 14.5 Å². The van der Waals surface area contributed by atoms with Crippen molar-refractivity contribution in [2.45, 2.75) is 18.6 Å². The van der Waals surface area contributed by atoms with Gasteiger partial charge in [-0.2, -0.15) is 0 Å². The van der Waals surface area contributed by atoms with E-state index in [1.165, 1.54) is 28.0 Å². The second-order valence-corrected chi connectivity index (χ2v) is 8.22. The molecule has 7 heteroatoms. The number of thiophene rings is 1. The molecule has 0 aliphatic carbocycles. The predicted molar refractivity (Wildman–Crippen MR) is 114 cm³/mol. The summed E-state index contributed by atoms with van der Waals surface area (Å²) in [6.07, 6.45) is 1.67. The number of benzene rings is 1. The summed E-state index contributed by atoms with van der Waals surface area (Å²) in [5.41, 5.74) is 1.93. The summed E-state index contributed by atoms with van der Waals surface area (Å²) >= 11 is 2.80. The maximum absolute atomic E-state index is 13.2. The molecular weight excluding hydrogens is 378 g/mol. The third-order valence-corrected chi connectivity index (χ3v) is 6.38. The van der Waals surface area contributed by atoms with Crippen LogP contribution < -0.4 is 5.56 Å². The highest BCUT2D eigenvalue weighted by atomic mass is 32.2. The topological polar surface area (TPSA) is 55.2 Å². The van der Waals surface area contributed by atoms with Crippen LogP contribution in [-0.2, 0) is 11.3 Å². The molecule has 2 aromatic heterocycles. The number of thioether (sulfide) groups is 1. The number of fused-ring (bicyclic) bond motifs is 1. The first-order valence-electron chi connectivity index (χ1n) is 8.47. The van der Waals surface area contributed by atoms with E-state index in [0.29, 0.717) is 21.9 Å². The molecule has 3 aromatic rings. The maximum atomic E-state index is 13.2. The van der Waals surface area contributed by atoms with Gasteiger partial charge in [0.05, 0.1) is 11.1 Å². The minimum absolute atomic E-state index is 0.0215. The lowest BCUT2D eigenvalue weighted by molar-refractivity contribution is -0.125. The molecule has 0 aliphatic rings. The van der Waals surface area contributed by atoms with Gasteiger partial charge in [-0.15, -0.1) is 17.9 Å². The van der Waals surface area contributed by atoms with Crippen molar-refractivity contribution in [3.8, 4) is 10.4 Å². The first-order chi connectivity index (χ1) is 12.9. The number of aromatic nitrogens is 2. The number of carbonyl (C=O) groups excluding carboxylic acids is 1. The van der Waals surface area contributed by atoms with Gasteiger partial charge in [-0.05, 0) is 18.1 Å². The molecule has 2 heterocycles. The molecule has 0 saturated heterocycles. The molecule has 0 atom stereocenters. The van der Waals surface area contributed by atoms with E-state index in [0.717, 1.165) is 16.0 Å². The number of allylic oxidation sites excluding steroid dienone is 1. The number of carbonyl (C=O) groups is 1. The zero-order valence-electron chi connectivity index (χ0n) is 15.6. The number of rotatable bonds is 6. The van der Waals surface area contributed by atoms with Crippen molar-refractivity contribution < 1.29 is 4.79 Å². The highest BCUT2D eigenvalue weighted by molar-refractivity contribution is 7.99. The quantitative estimate of drug-likeness (QED) is 0.359. The second-order valence-electron chi connectivity index (χ2n) is 6.28. The number of aryl methyl sites for hydroxylation is 1. The van der Waals surface area contributed by atoms with Gasteiger partial charge in [-0.25, -0.2) is 4.98 Å². The number of hydrogen-bond acceptors (Lipinski definition) is 5. The van der Waals surface area contributed by atoms with E-state index in [9.17, 15) is 9.59 Å². The van der Waals surface area contributed by atoms with Crippen LogP contribution in [0.25, 0.3) is 20.7 Å². The first-order valence-corrected chi connectivity index (χ1v) is 10.3. The van der Waals surface area contributed by atoms with Crippen LogP contribution in [0.2, 0.25) is 0 Å². The van der Waals surface area contributed by atoms with E-state index in [-0.39, 0.29) is 17.2 Å². The average molecular weight is 400 g/mol. The molecule has 0 saturated carbocycles. The standard InChI is InChI=1S/C20H21N3O2S2/c1-5-11-23-19(25)16-13(2)17(14-9-7-6-8-10-14)27-18(16)21-20(23)26-12-15(24)22(3)4/h5-10H,1,11-12H2,2-4H3. The molecule has 5 nitrogen and oxygen atoms in total. The lowest BCUT2D eigenvalue weighted by atomic mass is 10.1. The lowest BCUT2D eigenvalue weighted by Crippen LogP contribution is -2.26. The molecule has 0 spiro atoms. The Morgan fingerprint density at radius 3 is 2.67 bits per heavy atom. The summed E-state index contributed by atoms with van der Waals surface area (Å²) < 4.78 is 1.59. The fourth-order valence-corrected chi connectivity index (χ4v) is 4.93. The zero-order chi connectivity index (χ0) is 19.6. The van der Waals surface area contributed by atoms with Gasteiger partial charge in [0.25, 0.3) is 5.56 Å². The minimum atomic E-state index is -0.0874. The van der Waals surface area contributed by atoms with E-state index in [1.54, 1.807) is 24.7 Å². The smallest absolute Gasteiger partial charge is 0.263 e. The van der Waals surface area contributed by atoms with Crippen molar-refractivity contribution in [2.24, 2.45) is 0 Å². The highest BCUT2D eigenvalue weighted by Crippen LogP contribution is 2.36. The molecule has 0 N–H and O–H groups in total. The van der Waals surface area contributed by atoms with Crippen molar-refractivity contribution in [3.63, 3.8) is 0 Å². The van der Waals surface area contributed by atoms with Gasteiger partial charge in [-0.1, -0.05) is 48.2 Å². The summed E-state index contributed by atoms with van der Waals surface area (Å²) in [6.45, 7) is 6.07. The van der Waals surface area contributed by atoms with Gasteiger partial charge in [0.2, 0.25) is 5.91 Å². The van der Waals surface area contributed by atoms with Gasteiger partial charge in [-0.3, -0.25) is 14.2 Å². The van der Waals surface area contributed by atoms with Crippen LogP contribution in [0.1, 0.15) is 5.56 Å². The van der Waals surface area contributed by atoms with Crippen LogP contribution in [-0.4, -0.2) is 40.2 Å². The molecule has 140 valence electrons. The van der Waals surface area contributed by atoms with E-state index in [4.69, 9.17) is 4.98 Å². The fraction of sp³-hybridized carbons (Fsp3) is 0.250. The van der Waals surface area contributed by atoms with Gasteiger partial charge >= 0.3 is 0 Å². The predicted octanol–water partition coefficient (Wildman–Crippen LogP) is 3.80.